The Hall–Kier alpha value is -1.60. The first-order valence-corrected chi connectivity index (χ1v) is 7.71. The van der Waals surface area contributed by atoms with Crippen molar-refractivity contribution in [3.8, 4) is 0 Å². The maximum Gasteiger partial charge on any atom is 0.263 e. The molecule has 0 spiro atoms. The predicted molar refractivity (Wildman–Crippen MR) is 78.7 cm³/mol. The SMILES string of the molecule is CNc1ccc(S(=O)(=O)Nc2ccc(Br)cc2)cn1. The minimum atomic E-state index is -3.61. The Bertz CT molecular complexity index is 654. The van der Waals surface area contributed by atoms with E-state index in [1.165, 1.54) is 12.3 Å². The van der Waals surface area contributed by atoms with Crippen molar-refractivity contribution in [1.29, 1.82) is 0 Å². The molecule has 0 radical (unpaired) electrons. The quantitative estimate of drug-likeness (QED) is 0.896. The van der Waals surface area contributed by atoms with Gasteiger partial charge >= 0.3 is 0 Å². The van der Waals surface area contributed by atoms with Crippen LogP contribution in [0.1, 0.15) is 0 Å². The third-order valence-electron chi connectivity index (χ3n) is 2.40. The van der Waals surface area contributed by atoms with E-state index in [-0.39, 0.29) is 4.90 Å². The first-order chi connectivity index (χ1) is 9.01. The highest BCUT2D eigenvalue weighted by Crippen LogP contribution is 2.18. The minimum Gasteiger partial charge on any atom is -0.373 e. The lowest BCUT2D eigenvalue weighted by Crippen LogP contribution is -2.13. The normalized spacial score (nSPS) is 11.1. The zero-order chi connectivity index (χ0) is 13.9. The number of anilines is 2. The van der Waals surface area contributed by atoms with Crippen LogP contribution in [0.5, 0.6) is 0 Å². The zero-order valence-corrected chi connectivity index (χ0v) is 12.5. The molecule has 7 heteroatoms. The van der Waals surface area contributed by atoms with Gasteiger partial charge < -0.3 is 5.32 Å². The summed E-state index contributed by atoms with van der Waals surface area (Å²) in [6.45, 7) is 0. The van der Waals surface area contributed by atoms with Gasteiger partial charge in [0.1, 0.15) is 10.7 Å². The number of rotatable bonds is 4. The Morgan fingerprint density at radius 1 is 1.11 bits per heavy atom. The van der Waals surface area contributed by atoms with Gasteiger partial charge in [0, 0.05) is 23.4 Å². The van der Waals surface area contributed by atoms with E-state index in [4.69, 9.17) is 0 Å². The zero-order valence-electron chi connectivity index (χ0n) is 10.1. The lowest BCUT2D eigenvalue weighted by molar-refractivity contribution is 0.601. The van der Waals surface area contributed by atoms with Crippen molar-refractivity contribution in [1.82, 2.24) is 4.98 Å². The number of halogens is 1. The molecule has 0 saturated carbocycles. The van der Waals surface area contributed by atoms with Crippen molar-refractivity contribution in [3.05, 3.63) is 47.1 Å². The van der Waals surface area contributed by atoms with Gasteiger partial charge in [0.2, 0.25) is 0 Å². The van der Waals surface area contributed by atoms with Crippen molar-refractivity contribution in [3.63, 3.8) is 0 Å². The van der Waals surface area contributed by atoms with Gasteiger partial charge in [0.25, 0.3) is 10.0 Å². The van der Waals surface area contributed by atoms with E-state index >= 15 is 0 Å². The molecule has 5 nitrogen and oxygen atoms in total. The van der Waals surface area contributed by atoms with Crippen molar-refractivity contribution < 1.29 is 8.42 Å². The fraction of sp³-hybridized carbons (Fsp3) is 0.0833. The van der Waals surface area contributed by atoms with Crippen molar-refractivity contribution in [2.75, 3.05) is 17.1 Å². The minimum absolute atomic E-state index is 0.120. The van der Waals surface area contributed by atoms with Crippen LogP contribution in [-0.4, -0.2) is 20.4 Å². The standard InChI is InChI=1S/C12H12BrN3O2S/c1-14-12-7-6-11(8-15-12)19(17,18)16-10-4-2-9(13)3-5-10/h2-8,16H,1H3,(H,14,15). The number of pyridine rings is 1. The Morgan fingerprint density at radius 3 is 2.32 bits per heavy atom. The summed E-state index contributed by atoms with van der Waals surface area (Å²) in [6, 6.07) is 9.99. The van der Waals surface area contributed by atoms with Crippen molar-refractivity contribution in [2.45, 2.75) is 4.90 Å². The second-order valence-electron chi connectivity index (χ2n) is 3.74. The molecule has 0 aliphatic heterocycles. The van der Waals surface area contributed by atoms with Gasteiger partial charge in [-0.15, -0.1) is 0 Å². The summed E-state index contributed by atoms with van der Waals surface area (Å²) in [5, 5.41) is 2.83. The van der Waals surface area contributed by atoms with Gasteiger partial charge in [-0.05, 0) is 36.4 Å². The molecule has 1 aromatic carbocycles. The molecular formula is C12H12BrN3O2S. The number of hydrogen-bond donors (Lipinski definition) is 2. The number of sulfonamides is 1. The van der Waals surface area contributed by atoms with E-state index in [1.54, 1.807) is 37.4 Å². The van der Waals surface area contributed by atoms with Gasteiger partial charge in [-0.2, -0.15) is 0 Å². The largest absolute Gasteiger partial charge is 0.373 e. The Kier molecular flexibility index (Phi) is 4.06. The van der Waals surface area contributed by atoms with Crippen LogP contribution in [0.15, 0.2) is 52.0 Å². The maximum atomic E-state index is 12.1. The first kappa shape index (κ1) is 13.8. The van der Waals surface area contributed by atoms with Crippen LogP contribution in [0.2, 0.25) is 0 Å². The van der Waals surface area contributed by atoms with Crippen LogP contribution in [0.4, 0.5) is 11.5 Å². The molecule has 2 N–H and O–H groups in total. The smallest absolute Gasteiger partial charge is 0.263 e. The number of aromatic nitrogens is 1. The van der Waals surface area contributed by atoms with E-state index in [0.717, 1.165) is 4.47 Å². The lowest BCUT2D eigenvalue weighted by atomic mass is 10.3. The predicted octanol–water partition coefficient (Wildman–Crippen LogP) is 2.69. The monoisotopic (exact) mass is 341 g/mol. The Labute approximate surface area is 120 Å². The maximum absolute atomic E-state index is 12.1. The molecule has 0 fully saturated rings. The van der Waals surface area contributed by atoms with Gasteiger partial charge in [-0.25, -0.2) is 13.4 Å². The van der Waals surface area contributed by atoms with Gasteiger partial charge in [-0.3, -0.25) is 4.72 Å². The van der Waals surface area contributed by atoms with Crippen LogP contribution in [0.3, 0.4) is 0 Å². The number of nitrogens with one attached hydrogen (secondary N) is 2. The number of hydrogen-bond acceptors (Lipinski definition) is 4. The van der Waals surface area contributed by atoms with E-state index in [2.05, 4.69) is 31.0 Å². The summed E-state index contributed by atoms with van der Waals surface area (Å²) >= 11 is 3.29. The van der Waals surface area contributed by atoms with Crippen LogP contribution >= 0.6 is 15.9 Å². The van der Waals surface area contributed by atoms with Crippen molar-refractivity contribution in [2.24, 2.45) is 0 Å². The van der Waals surface area contributed by atoms with Gasteiger partial charge in [-0.1, -0.05) is 15.9 Å². The molecule has 1 aromatic heterocycles. The third-order valence-corrected chi connectivity index (χ3v) is 4.29. The van der Waals surface area contributed by atoms with E-state index in [0.29, 0.717) is 11.5 Å². The highest BCUT2D eigenvalue weighted by Gasteiger charge is 2.14. The molecule has 1 heterocycles. The van der Waals surface area contributed by atoms with E-state index in [9.17, 15) is 8.42 Å². The van der Waals surface area contributed by atoms with Gasteiger partial charge in [0.05, 0.1) is 0 Å². The fourth-order valence-electron chi connectivity index (χ4n) is 1.42. The second kappa shape index (κ2) is 5.58. The molecule has 2 aromatic rings. The van der Waals surface area contributed by atoms with E-state index < -0.39 is 10.0 Å². The molecule has 2 rings (SSSR count). The molecule has 0 unspecified atom stereocenters. The topological polar surface area (TPSA) is 71.1 Å². The van der Waals surface area contributed by atoms with Crippen LogP contribution < -0.4 is 10.0 Å². The fourth-order valence-corrected chi connectivity index (χ4v) is 2.69. The highest BCUT2D eigenvalue weighted by atomic mass is 79.9. The summed E-state index contributed by atoms with van der Waals surface area (Å²) < 4.78 is 27.6. The molecule has 100 valence electrons. The van der Waals surface area contributed by atoms with Crippen molar-refractivity contribution >= 4 is 37.5 Å². The van der Waals surface area contributed by atoms with Gasteiger partial charge in [0.15, 0.2) is 0 Å². The molecule has 0 aliphatic rings. The van der Waals surface area contributed by atoms with Crippen LogP contribution in [0, 0.1) is 0 Å². The molecule has 19 heavy (non-hydrogen) atoms. The molecule has 0 bridgehead atoms. The lowest BCUT2D eigenvalue weighted by Gasteiger charge is -2.08. The Morgan fingerprint density at radius 2 is 1.79 bits per heavy atom. The molecule has 0 aliphatic carbocycles. The second-order valence-corrected chi connectivity index (χ2v) is 6.34. The molecule has 0 atom stereocenters. The molecular weight excluding hydrogens is 330 g/mol. The summed E-state index contributed by atoms with van der Waals surface area (Å²) in [5.74, 6) is 0.614. The average molecular weight is 342 g/mol. The Balaban J connectivity index is 2.24. The summed E-state index contributed by atoms with van der Waals surface area (Å²) in [4.78, 5) is 4.10. The molecule has 0 saturated heterocycles. The summed E-state index contributed by atoms with van der Waals surface area (Å²) in [6.07, 6.45) is 1.31. The summed E-state index contributed by atoms with van der Waals surface area (Å²) in [7, 11) is -1.89. The van der Waals surface area contributed by atoms with Crippen LogP contribution in [-0.2, 0) is 10.0 Å². The first-order valence-electron chi connectivity index (χ1n) is 5.43. The van der Waals surface area contributed by atoms with Crippen LogP contribution in [0.25, 0.3) is 0 Å². The summed E-state index contributed by atoms with van der Waals surface area (Å²) in [5.41, 5.74) is 0.501. The number of benzene rings is 1. The van der Waals surface area contributed by atoms with E-state index in [1.807, 2.05) is 0 Å². The average Bonchev–Trinajstić information content (AvgIpc) is 2.41. The molecule has 0 amide bonds. The number of nitrogens with zero attached hydrogens (tertiary/aromatic N) is 1. The highest BCUT2D eigenvalue weighted by molar-refractivity contribution is 9.10. The third kappa shape index (κ3) is 3.45.